The van der Waals surface area contributed by atoms with Crippen LogP contribution in [0.15, 0.2) is 35.2 Å². The summed E-state index contributed by atoms with van der Waals surface area (Å²) in [6.45, 7) is 2.76. The third kappa shape index (κ3) is 3.70. The lowest BCUT2D eigenvalue weighted by atomic mass is 10.2. The molecule has 0 spiro atoms. The number of sulfone groups is 2. The number of benzene rings is 1. The normalized spacial score (nSPS) is 24.7. The summed E-state index contributed by atoms with van der Waals surface area (Å²) in [5, 5.41) is -0.887. The number of unbranched alkanes of at least 4 members (excludes halogenated alkanes) is 1. The van der Waals surface area contributed by atoms with Gasteiger partial charge in [-0.15, -0.1) is 0 Å². The zero-order chi connectivity index (χ0) is 16.4. The molecule has 1 aliphatic heterocycles. The van der Waals surface area contributed by atoms with Gasteiger partial charge < -0.3 is 4.90 Å². The molecule has 1 heterocycles. The first-order valence-electron chi connectivity index (χ1n) is 7.47. The number of rotatable bonds is 6. The van der Waals surface area contributed by atoms with E-state index in [9.17, 15) is 16.8 Å². The Balaban J connectivity index is 2.34. The van der Waals surface area contributed by atoms with E-state index in [-0.39, 0.29) is 16.4 Å². The summed E-state index contributed by atoms with van der Waals surface area (Å²) in [6.07, 6.45) is 1.91. The molecule has 2 rings (SSSR count). The first kappa shape index (κ1) is 17.4. The van der Waals surface area contributed by atoms with E-state index in [0.717, 1.165) is 12.8 Å². The highest BCUT2D eigenvalue weighted by molar-refractivity contribution is 7.96. The van der Waals surface area contributed by atoms with E-state index >= 15 is 0 Å². The summed E-state index contributed by atoms with van der Waals surface area (Å²) < 4.78 is 49.7. The minimum absolute atomic E-state index is 0.0794. The zero-order valence-electron chi connectivity index (χ0n) is 13.0. The van der Waals surface area contributed by atoms with Crippen molar-refractivity contribution in [3.8, 4) is 0 Å². The molecule has 1 aliphatic rings. The Labute approximate surface area is 133 Å². The van der Waals surface area contributed by atoms with Gasteiger partial charge in [0.15, 0.2) is 19.7 Å². The summed E-state index contributed by atoms with van der Waals surface area (Å²) in [5.74, 6) is -0.366. The molecule has 0 amide bonds. The molecule has 7 heteroatoms. The van der Waals surface area contributed by atoms with Gasteiger partial charge in [-0.1, -0.05) is 31.5 Å². The Hall–Kier alpha value is -0.920. The lowest BCUT2D eigenvalue weighted by molar-refractivity contribution is 0.259. The lowest BCUT2D eigenvalue weighted by Gasteiger charge is -2.28. The van der Waals surface area contributed by atoms with Crippen LogP contribution in [-0.4, -0.2) is 58.1 Å². The zero-order valence-corrected chi connectivity index (χ0v) is 14.6. The molecule has 1 saturated heterocycles. The highest BCUT2D eigenvalue weighted by atomic mass is 32.2. The molecule has 0 N–H and O–H groups in total. The fourth-order valence-electron chi connectivity index (χ4n) is 2.86. The Morgan fingerprint density at radius 1 is 1.18 bits per heavy atom. The van der Waals surface area contributed by atoms with E-state index in [1.807, 2.05) is 11.9 Å². The van der Waals surface area contributed by atoms with E-state index < -0.39 is 31.0 Å². The Morgan fingerprint density at radius 3 is 2.41 bits per heavy atom. The molecule has 1 aromatic rings. The van der Waals surface area contributed by atoms with Crippen molar-refractivity contribution in [1.29, 1.82) is 0 Å². The number of hydrogen-bond donors (Lipinski definition) is 0. The molecular formula is C15H23NO4S2. The van der Waals surface area contributed by atoms with Crippen molar-refractivity contribution in [2.45, 2.75) is 36.0 Å². The standard InChI is InChI=1S/C15H23NO4S2/c1-3-4-10-16(2)14-11-21(17,18)12-15(14)22(19,20)13-8-6-5-7-9-13/h5-9,14-15H,3-4,10-12H2,1-2H3/t14-,15-/m1/s1. The molecule has 0 aliphatic carbocycles. The summed E-state index contributed by atoms with van der Waals surface area (Å²) >= 11 is 0. The fourth-order valence-corrected chi connectivity index (χ4v) is 7.79. The van der Waals surface area contributed by atoms with Gasteiger partial charge in [-0.05, 0) is 32.1 Å². The molecule has 0 saturated carbocycles. The monoisotopic (exact) mass is 345 g/mol. The second kappa shape index (κ2) is 6.68. The largest absolute Gasteiger partial charge is 0.301 e. The Bertz CT molecular complexity index is 698. The van der Waals surface area contributed by atoms with Gasteiger partial charge in [0.05, 0.1) is 21.7 Å². The topological polar surface area (TPSA) is 71.5 Å². The van der Waals surface area contributed by atoms with Gasteiger partial charge in [-0.3, -0.25) is 0 Å². The predicted octanol–water partition coefficient (Wildman–Crippen LogP) is 1.36. The number of hydrogen-bond acceptors (Lipinski definition) is 5. The summed E-state index contributed by atoms with van der Waals surface area (Å²) in [5.41, 5.74) is 0. The second-order valence-corrected chi connectivity index (χ2v) is 10.2. The molecule has 5 nitrogen and oxygen atoms in total. The maximum absolute atomic E-state index is 12.8. The molecule has 0 radical (unpaired) electrons. The average molecular weight is 345 g/mol. The van der Waals surface area contributed by atoms with Gasteiger partial charge in [0.2, 0.25) is 0 Å². The van der Waals surface area contributed by atoms with Gasteiger partial charge in [-0.2, -0.15) is 0 Å². The average Bonchev–Trinajstić information content (AvgIpc) is 2.82. The van der Waals surface area contributed by atoms with Crippen LogP contribution in [0, 0.1) is 0 Å². The van der Waals surface area contributed by atoms with Crippen molar-refractivity contribution < 1.29 is 16.8 Å². The Morgan fingerprint density at radius 2 is 1.82 bits per heavy atom. The van der Waals surface area contributed by atoms with Crippen LogP contribution in [0.1, 0.15) is 19.8 Å². The molecule has 0 unspecified atom stereocenters. The van der Waals surface area contributed by atoms with Gasteiger partial charge >= 0.3 is 0 Å². The van der Waals surface area contributed by atoms with Crippen LogP contribution in [0.5, 0.6) is 0 Å². The van der Waals surface area contributed by atoms with Crippen molar-refractivity contribution in [1.82, 2.24) is 4.90 Å². The second-order valence-electron chi connectivity index (χ2n) is 5.87. The van der Waals surface area contributed by atoms with Crippen molar-refractivity contribution in [3.63, 3.8) is 0 Å². The molecule has 2 atom stereocenters. The Kier molecular flexibility index (Phi) is 5.29. The molecule has 0 bridgehead atoms. The van der Waals surface area contributed by atoms with E-state index in [2.05, 4.69) is 6.92 Å². The minimum atomic E-state index is -3.65. The van der Waals surface area contributed by atoms with Crippen molar-refractivity contribution in [2.24, 2.45) is 0 Å². The van der Waals surface area contributed by atoms with E-state index in [1.54, 1.807) is 18.2 Å². The van der Waals surface area contributed by atoms with Crippen molar-refractivity contribution in [2.75, 3.05) is 25.1 Å². The van der Waals surface area contributed by atoms with Gasteiger partial charge in [0, 0.05) is 6.04 Å². The molecule has 1 fully saturated rings. The lowest BCUT2D eigenvalue weighted by Crippen LogP contribution is -2.44. The van der Waals surface area contributed by atoms with Crippen LogP contribution in [0.4, 0.5) is 0 Å². The molecule has 0 aromatic heterocycles. The number of nitrogens with zero attached hydrogens (tertiary/aromatic N) is 1. The van der Waals surface area contributed by atoms with Crippen LogP contribution in [0.3, 0.4) is 0 Å². The van der Waals surface area contributed by atoms with Crippen molar-refractivity contribution >= 4 is 19.7 Å². The van der Waals surface area contributed by atoms with Crippen LogP contribution in [-0.2, 0) is 19.7 Å². The summed E-state index contributed by atoms with van der Waals surface area (Å²) in [4.78, 5) is 2.09. The summed E-state index contributed by atoms with van der Waals surface area (Å²) in [6, 6.07) is 7.65. The summed E-state index contributed by atoms with van der Waals surface area (Å²) in [7, 11) is -5.16. The smallest absolute Gasteiger partial charge is 0.183 e. The third-order valence-corrected chi connectivity index (χ3v) is 8.31. The third-order valence-electron chi connectivity index (χ3n) is 4.17. The molecular weight excluding hydrogens is 322 g/mol. The SMILES string of the molecule is CCCCN(C)[C@@H]1CS(=O)(=O)C[C@H]1S(=O)(=O)c1ccccc1. The first-order chi connectivity index (χ1) is 10.3. The molecule has 1 aromatic carbocycles. The van der Waals surface area contributed by atoms with Crippen molar-refractivity contribution in [3.05, 3.63) is 30.3 Å². The van der Waals surface area contributed by atoms with E-state index in [1.165, 1.54) is 12.1 Å². The van der Waals surface area contributed by atoms with Crippen LogP contribution < -0.4 is 0 Å². The quantitative estimate of drug-likeness (QED) is 0.778. The van der Waals surface area contributed by atoms with E-state index in [0.29, 0.717) is 6.54 Å². The predicted molar refractivity (Wildman–Crippen MR) is 87.4 cm³/mol. The van der Waals surface area contributed by atoms with Crippen LogP contribution >= 0.6 is 0 Å². The van der Waals surface area contributed by atoms with Gasteiger partial charge in [-0.25, -0.2) is 16.8 Å². The maximum Gasteiger partial charge on any atom is 0.183 e. The first-order valence-corrected chi connectivity index (χ1v) is 10.8. The van der Waals surface area contributed by atoms with Crippen LogP contribution in [0.2, 0.25) is 0 Å². The molecule has 22 heavy (non-hydrogen) atoms. The molecule has 124 valence electrons. The van der Waals surface area contributed by atoms with Crippen LogP contribution in [0.25, 0.3) is 0 Å². The highest BCUT2D eigenvalue weighted by Gasteiger charge is 2.47. The fraction of sp³-hybridized carbons (Fsp3) is 0.600. The minimum Gasteiger partial charge on any atom is -0.301 e. The van der Waals surface area contributed by atoms with Gasteiger partial charge in [0.25, 0.3) is 0 Å². The highest BCUT2D eigenvalue weighted by Crippen LogP contribution is 2.28. The van der Waals surface area contributed by atoms with Gasteiger partial charge in [0.1, 0.15) is 0 Å². The van der Waals surface area contributed by atoms with E-state index in [4.69, 9.17) is 0 Å². The maximum atomic E-state index is 12.8.